The van der Waals surface area contributed by atoms with E-state index in [1.54, 1.807) is 0 Å². The fourth-order valence-electron chi connectivity index (χ4n) is 4.18. The van der Waals surface area contributed by atoms with Gasteiger partial charge in [0.25, 0.3) is 0 Å². The lowest BCUT2D eigenvalue weighted by atomic mass is 9.87. The Kier molecular flexibility index (Phi) is 3.98. The van der Waals surface area contributed by atoms with Crippen molar-refractivity contribution in [2.24, 2.45) is 0 Å². The number of halogens is 1. The van der Waals surface area contributed by atoms with Crippen LogP contribution < -0.4 is 0 Å². The minimum Gasteiger partial charge on any atom is -0.228 e. The minimum atomic E-state index is 0.749. The van der Waals surface area contributed by atoms with Gasteiger partial charge in [-0.05, 0) is 68.0 Å². The van der Waals surface area contributed by atoms with Gasteiger partial charge >= 0.3 is 0 Å². The Morgan fingerprint density at radius 1 is 0.889 bits per heavy atom. The van der Waals surface area contributed by atoms with Crippen LogP contribution in [0.3, 0.4) is 0 Å². The predicted molar refractivity (Wildman–Crippen MR) is 111 cm³/mol. The zero-order valence-corrected chi connectivity index (χ0v) is 16.0. The molecule has 5 rings (SSSR count). The zero-order chi connectivity index (χ0) is 18.4. The Bertz CT molecular complexity index is 1130. The third-order valence-corrected chi connectivity index (χ3v) is 5.68. The van der Waals surface area contributed by atoms with Gasteiger partial charge in [-0.3, -0.25) is 0 Å². The first-order valence-electron chi connectivity index (χ1n) is 9.45. The molecule has 0 saturated carbocycles. The highest BCUT2D eigenvalue weighted by atomic mass is 35.5. The van der Waals surface area contributed by atoms with Gasteiger partial charge in [0, 0.05) is 16.0 Å². The quantitative estimate of drug-likeness (QED) is 0.436. The molecule has 134 valence electrons. The van der Waals surface area contributed by atoms with E-state index in [4.69, 9.17) is 21.7 Å². The van der Waals surface area contributed by atoms with Crippen molar-refractivity contribution in [3.05, 3.63) is 76.4 Å². The molecule has 2 aromatic heterocycles. The van der Waals surface area contributed by atoms with Gasteiger partial charge in [-0.15, -0.1) is 0 Å². The number of pyridine rings is 1. The number of hydrogen-bond acceptors (Lipinski definition) is 2. The summed E-state index contributed by atoms with van der Waals surface area (Å²) in [5, 5.41) is 6.83. The van der Waals surface area contributed by atoms with Crippen molar-refractivity contribution in [3.8, 4) is 16.9 Å². The van der Waals surface area contributed by atoms with Gasteiger partial charge in [0.05, 0.1) is 17.1 Å². The number of hydrogen-bond donors (Lipinski definition) is 0. The Morgan fingerprint density at radius 3 is 2.33 bits per heavy atom. The van der Waals surface area contributed by atoms with Crippen LogP contribution in [0.25, 0.3) is 28.0 Å². The Hall–Kier alpha value is -2.65. The SMILES string of the molecule is Cc1nn(-c2ccccc2)c2nc(-c3ccc(Cl)cc3)c3c(c12)CCCC3. The second-order valence-corrected chi connectivity index (χ2v) is 7.60. The zero-order valence-electron chi connectivity index (χ0n) is 15.2. The van der Waals surface area contributed by atoms with Gasteiger partial charge in [0.1, 0.15) is 0 Å². The van der Waals surface area contributed by atoms with Crippen LogP contribution in [-0.4, -0.2) is 14.8 Å². The van der Waals surface area contributed by atoms with Crippen LogP contribution in [0.5, 0.6) is 0 Å². The summed E-state index contributed by atoms with van der Waals surface area (Å²) in [6.07, 6.45) is 4.61. The number of para-hydroxylation sites is 1. The average molecular weight is 374 g/mol. The fourth-order valence-corrected chi connectivity index (χ4v) is 4.31. The molecule has 0 atom stereocenters. The molecule has 0 aliphatic heterocycles. The van der Waals surface area contributed by atoms with Crippen molar-refractivity contribution >= 4 is 22.6 Å². The van der Waals surface area contributed by atoms with Gasteiger partial charge in [0.15, 0.2) is 5.65 Å². The van der Waals surface area contributed by atoms with E-state index >= 15 is 0 Å². The summed E-state index contributed by atoms with van der Waals surface area (Å²) in [6, 6.07) is 18.3. The number of rotatable bonds is 2. The Balaban J connectivity index is 1.84. The first kappa shape index (κ1) is 16.5. The van der Waals surface area contributed by atoms with Crippen molar-refractivity contribution < 1.29 is 0 Å². The molecule has 4 aromatic rings. The van der Waals surface area contributed by atoms with Gasteiger partial charge in [-0.2, -0.15) is 5.10 Å². The van der Waals surface area contributed by atoms with Gasteiger partial charge in [-0.25, -0.2) is 9.67 Å². The Labute approximate surface area is 163 Å². The molecule has 0 saturated heterocycles. The highest BCUT2D eigenvalue weighted by Crippen LogP contribution is 2.37. The van der Waals surface area contributed by atoms with Crippen LogP contribution in [0.1, 0.15) is 29.7 Å². The summed E-state index contributed by atoms with van der Waals surface area (Å²) in [6.45, 7) is 2.10. The average Bonchev–Trinajstić information content (AvgIpc) is 3.05. The fraction of sp³-hybridized carbons (Fsp3) is 0.217. The lowest BCUT2D eigenvalue weighted by Crippen LogP contribution is -2.08. The molecular formula is C23H20ClN3. The van der Waals surface area contributed by atoms with Crippen LogP contribution in [-0.2, 0) is 12.8 Å². The van der Waals surface area contributed by atoms with Gasteiger partial charge in [0.2, 0.25) is 0 Å². The molecule has 2 aromatic carbocycles. The van der Waals surface area contributed by atoms with E-state index in [0.29, 0.717) is 0 Å². The van der Waals surface area contributed by atoms with Gasteiger partial charge < -0.3 is 0 Å². The maximum atomic E-state index is 6.11. The predicted octanol–water partition coefficient (Wildman–Crippen LogP) is 5.93. The van der Waals surface area contributed by atoms with Crippen LogP contribution >= 0.6 is 11.6 Å². The monoisotopic (exact) mass is 373 g/mol. The topological polar surface area (TPSA) is 30.7 Å². The van der Waals surface area contributed by atoms with Crippen molar-refractivity contribution in [2.75, 3.05) is 0 Å². The van der Waals surface area contributed by atoms with E-state index in [1.807, 2.05) is 35.0 Å². The standard InChI is InChI=1S/C23H20ClN3/c1-15-21-19-9-5-6-10-20(19)22(16-11-13-17(24)14-12-16)25-23(21)27(26-15)18-7-3-2-4-8-18/h2-4,7-8,11-14H,5-6,9-10H2,1H3. The van der Waals surface area contributed by atoms with Crippen LogP contribution in [0.2, 0.25) is 5.02 Å². The first-order chi connectivity index (χ1) is 13.2. The highest BCUT2D eigenvalue weighted by molar-refractivity contribution is 6.30. The van der Waals surface area contributed by atoms with Crippen LogP contribution in [0.4, 0.5) is 0 Å². The summed E-state index contributed by atoms with van der Waals surface area (Å²) < 4.78 is 1.99. The van der Waals surface area contributed by atoms with E-state index in [1.165, 1.54) is 29.4 Å². The molecule has 0 bridgehead atoms. The number of aromatic nitrogens is 3. The van der Waals surface area contributed by atoms with Crippen molar-refractivity contribution in [1.82, 2.24) is 14.8 Å². The normalized spacial score (nSPS) is 13.7. The van der Waals surface area contributed by atoms with Crippen molar-refractivity contribution in [1.29, 1.82) is 0 Å². The Morgan fingerprint density at radius 2 is 1.59 bits per heavy atom. The first-order valence-corrected chi connectivity index (χ1v) is 9.82. The molecular weight excluding hydrogens is 354 g/mol. The maximum absolute atomic E-state index is 6.11. The lowest BCUT2D eigenvalue weighted by molar-refractivity contribution is 0.688. The number of fused-ring (bicyclic) bond motifs is 3. The van der Waals surface area contributed by atoms with Gasteiger partial charge in [-0.1, -0.05) is 41.9 Å². The minimum absolute atomic E-state index is 0.749. The molecule has 1 aliphatic carbocycles. The van der Waals surface area contributed by atoms with Crippen LogP contribution in [0.15, 0.2) is 54.6 Å². The van der Waals surface area contributed by atoms with Crippen molar-refractivity contribution in [2.45, 2.75) is 32.6 Å². The largest absolute Gasteiger partial charge is 0.228 e. The molecule has 0 radical (unpaired) electrons. The summed E-state index contributed by atoms with van der Waals surface area (Å²) in [5.41, 5.74) is 8.05. The maximum Gasteiger partial charge on any atom is 0.164 e. The van der Waals surface area contributed by atoms with E-state index < -0.39 is 0 Å². The van der Waals surface area contributed by atoms with E-state index in [2.05, 4.69) is 31.2 Å². The molecule has 0 unspecified atom stereocenters. The molecule has 0 N–H and O–H groups in total. The molecule has 27 heavy (non-hydrogen) atoms. The molecule has 2 heterocycles. The summed E-state index contributed by atoms with van der Waals surface area (Å²) in [4.78, 5) is 5.14. The second-order valence-electron chi connectivity index (χ2n) is 7.16. The molecule has 4 heteroatoms. The number of nitrogens with zero attached hydrogens (tertiary/aromatic N) is 3. The lowest BCUT2D eigenvalue weighted by Gasteiger charge is -2.20. The molecule has 0 fully saturated rings. The molecule has 1 aliphatic rings. The third kappa shape index (κ3) is 2.74. The summed E-state index contributed by atoms with van der Waals surface area (Å²) in [7, 11) is 0. The van der Waals surface area contributed by atoms with Crippen LogP contribution in [0, 0.1) is 6.92 Å². The van der Waals surface area contributed by atoms with E-state index in [0.717, 1.165) is 46.2 Å². The molecule has 0 amide bonds. The number of benzene rings is 2. The highest BCUT2D eigenvalue weighted by Gasteiger charge is 2.23. The van der Waals surface area contributed by atoms with E-state index in [-0.39, 0.29) is 0 Å². The summed E-state index contributed by atoms with van der Waals surface area (Å²) in [5.74, 6) is 0. The molecule has 0 spiro atoms. The number of aryl methyl sites for hydroxylation is 2. The summed E-state index contributed by atoms with van der Waals surface area (Å²) >= 11 is 6.11. The van der Waals surface area contributed by atoms with Crippen molar-refractivity contribution in [3.63, 3.8) is 0 Å². The third-order valence-electron chi connectivity index (χ3n) is 5.43. The smallest absolute Gasteiger partial charge is 0.164 e. The molecule has 3 nitrogen and oxygen atoms in total. The second kappa shape index (κ2) is 6.50. The van der Waals surface area contributed by atoms with E-state index in [9.17, 15) is 0 Å².